The molecule has 0 nitrogen and oxygen atoms in total. The minimum absolute atomic E-state index is 0.154. The zero-order valence-corrected chi connectivity index (χ0v) is 12.3. The molecule has 0 aliphatic heterocycles. The van der Waals surface area contributed by atoms with Crippen LogP contribution in [0.2, 0.25) is 0 Å². The lowest BCUT2D eigenvalue weighted by Crippen LogP contribution is -2.27. The molecule has 0 saturated heterocycles. The summed E-state index contributed by atoms with van der Waals surface area (Å²) in [7, 11) is -0.467. The summed E-state index contributed by atoms with van der Waals surface area (Å²) >= 11 is 18.2. The normalized spacial score (nSPS) is 16.8. The molecule has 0 aromatic heterocycles. The minimum atomic E-state index is -2.50. The number of hydrogen-bond donors (Lipinski definition) is 0. The van der Waals surface area contributed by atoms with Crippen LogP contribution in [-0.4, -0.2) is 16.5 Å². The number of halogens is 3. The lowest BCUT2D eigenvalue weighted by molar-refractivity contribution is 0.779. The highest BCUT2D eigenvalue weighted by molar-refractivity contribution is 8.19. The molecule has 0 bridgehead atoms. The maximum absolute atomic E-state index is 6.08. The van der Waals surface area contributed by atoms with Gasteiger partial charge in [-0.1, -0.05) is 42.1 Å². The van der Waals surface area contributed by atoms with Gasteiger partial charge in [-0.2, -0.15) is 0 Å². The van der Waals surface area contributed by atoms with Gasteiger partial charge in [-0.3, -0.25) is 0 Å². The molecule has 0 aliphatic rings. The molecule has 0 heterocycles. The topological polar surface area (TPSA) is 0 Å². The summed E-state index contributed by atoms with van der Waals surface area (Å²) in [4.78, 5) is 0. The average Bonchev–Trinajstić information content (AvgIpc) is 1.49. The van der Waals surface area contributed by atoms with Crippen LogP contribution in [-0.2, 0) is 0 Å². The van der Waals surface area contributed by atoms with Gasteiger partial charge < -0.3 is 0 Å². The van der Waals surface area contributed by atoms with E-state index in [4.69, 9.17) is 33.2 Å². The second-order valence-corrected chi connectivity index (χ2v) is 20.8. The summed E-state index contributed by atoms with van der Waals surface area (Å²) in [6.45, 7) is 10.8. The Hall–Kier alpha value is 1.52. The summed E-state index contributed by atoms with van der Waals surface area (Å²) in [5, 5.41) is 0.154. The summed E-state index contributed by atoms with van der Waals surface area (Å²) in [5.74, 6) is 0. The van der Waals surface area contributed by atoms with E-state index in [0.29, 0.717) is 5.66 Å². The summed E-state index contributed by atoms with van der Waals surface area (Å²) < 4.78 is 0. The van der Waals surface area contributed by atoms with Gasteiger partial charge in [0.05, 0.1) is 0 Å². The molecule has 74 valence electrons. The third kappa shape index (κ3) is 4.15. The van der Waals surface area contributed by atoms with E-state index in [0.717, 1.165) is 0 Å². The molecule has 0 aromatic rings. The van der Waals surface area contributed by atoms with Crippen molar-refractivity contribution in [1.29, 1.82) is 0 Å². The van der Waals surface area contributed by atoms with Crippen molar-refractivity contribution in [2.45, 2.75) is 45.4 Å². The molecule has 0 aromatic carbocycles. The molecule has 0 rings (SSSR count). The van der Waals surface area contributed by atoms with Crippen LogP contribution in [0.1, 0.15) is 34.6 Å². The predicted octanol–water partition coefficient (Wildman–Crippen LogP) is 4.83. The van der Waals surface area contributed by atoms with E-state index in [1.807, 2.05) is 0 Å². The maximum Gasteiger partial charge on any atom is 0.366 e. The van der Waals surface area contributed by atoms with E-state index in [-0.39, 0.29) is 5.16 Å². The second-order valence-electron chi connectivity index (χ2n) is 4.10. The Morgan fingerprint density at radius 2 is 1.42 bits per heavy atom. The third-order valence-corrected chi connectivity index (χ3v) is 14.7. The Kier molecular flexibility index (Phi) is 4.91. The van der Waals surface area contributed by atoms with Gasteiger partial charge in [0.1, 0.15) is 0 Å². The molecule has 0 fully saturated rings. The van der Waals surface area contributed by atoms with Crippen LogP contribution in [0.15, 0.2) is 0 Å². The zero-order valence-electron chi connectivity index (χ0n) is 8.16. The van der Waals surface area contributed by atoms with Gasteiger partial charge in [0, 0.05) is 0 Å². The first-order chi connectivity index (χ1) is 5.07. The fourth-order valence-electron chi connectivity index (χ4n) is 1.45. The molecule has 1 atom stereocenters. The van der Waals surface area contributed by atoms with Crippen LogP contribution in [0.3, 0.4) is 0 Å². The van der Waals surface area contributed by atoms with Crippen LogP contribution >= 0.6 is 40.7 Å². The quantitative estimate of drug-likeness (QED) is 0.381. The van der Waals surface area contributed by atoms with Crippen molar-refractivity contribution in [1.82, 2.24) is 0 Å². The van der Waals surface area contributed by atoms with Crippen molar-refractivity contribution in [3.05, 3.63) is 0 Å². The first-order valence-electron chi connectivity index (χ1n) is 3.93. The number of hydrogen-bond acceptors (Lipinski definition) is 0. The third-order valence-electron chi connectivity index (χ3n) is 1.51. The molecule has 12 heavy (non-hydrogen) atoms. The van der Waals surface area contributed by atoms with Crippen LogP contribution in [0, 0.1) is 0 Å². The van der Waals surface area contributed by atoms with E-state index in [9.17, 15) is 0 Å². The number of rotatable bonds is 2. The fraction of sp³-hybridized carbons (Fsp3) is 1.00. The summed E-state index contributed by atoms with van der Waals surface area (Å²) in [6.07, 6.45) is 0. The van der Waals surface area contributed by atoms with Crippen molar-refractivity contribution in [2.24, 2.45) is 0 Å². The molecule has 0 N–H and O–H groups in total. The van der Waals surface area contributed by atoms with Crippen molar-refractivity contribution < 1.29 is 0 Å². The van der Waals surface area contributed by atoms with Gasteiger partial charge in [0.2, 0.25) is 0 Å². The van der Waals surface area contributed by atoms with Crippen LogP contribution < -0.4 is 0 Å². The molecular weight excluding hydrogens is 249 g/mol. The van der Waals surface area contributed by atoms with Crippen molar-refractivity contribution in [3.8, 4) is 0 Å². The highest BCUT2D eigenvalue weighted by Gasteiger charge is 2.45. The summed E-state index contributed by atoms with van der Waals surface area (Å²) in [5.41, 5.74) is -2.00. The van der Waals surface area contributed by atoms with E-state index >= 15 is 0 Å². The van der Waals surface area contributed by atoms with Crippen LogP contribution in [0.4, 0.5) is 0 Å². The predicted molar refractivity (Wildman–Crippen MR) is 65.1 cm³/mol. The largest absolute Gasteiger partial charge is 0.366 e. The SMILES string of the molecule is CC(C)P(C(C)(C)C)[Si](Cl)(Cl)Cl. The highest BCUT2D eigenvalue weighted by atomic mass is 35.9. The lowest BCUT2D eigenvalue weighted by Gasteiger charge is -2.38. The molecule has 0 aliphatic carbocycles. The van der Waals surface area contributed by atoms with Gasteiger partial charge in [-0.05, 0) is 10.8 Å². The minimum Gasteiger partial charge on any atom is -0.121 e. The maximum atomic E-state index is 6.08. The monoisotopic (exact) mass is 264 g/mol. The standard InChI is InChI=1S/C7H16Cl3PSi/c1-6(2)11(7(3,4)5)12(8,9)10/h6H,1-5H3. The Bertz CT molecular complexity index is 134. The average molecular weight is 266 g/mol. The molecule has 0 radical (unpaired) electrons. The first kappa shape index (κ1) is 13.5. The smallest absolute Gasteiger partial charge is 0.121 e. The van der Waals surface area contributed by atoms with Gasteiger partial charge in [-0.25, -0.2) is 0 Å². The zero-order chi connectivity index (χ0) is 10.2. The molecule has 1 unspecified atom stereocenters. The van der Waals surface area contributed by atoms with Crippen LogP contribution in [0.25, 0.3) is 0 Å². The van der Waals surface area contributed by atoms with E-state index in [2.05, 4.69) is 34.6 Å². The first-order valence-corrected chi connectivity index (χ1v) is 11.2. The Balaban J connectivity index is 4.70. The van der Waals surface area contributed by atoms with Gasteiger partial charge in [0.25, 0.3) is 0 Å². The van der Waals surface area contributed by atoms with Gasteiger partial charge >= 0.3 is 5.67 Å². The van der Waals surface area contributed by atoms with E-state index < -0.39 is 13.1 Å². The van der Waals surface area contributed by atoms with Crippen LogP contribution in [0.5, 0.6) is 0 Å². The van der Waals surface area contributed by atoms with Crippen molar-refractivity contribution in [2.75, 3.05) is 0 Å². The second kappa shape index (κ2) is 4.36. The van der Waals surface area contributed by atoms with E-state index in [1.54, 1.807) is 0 Å². The Labute approximate surface area is 91.7 Å². The van der Waals surface area contributed by atoms with Gasteiger partial charge in [0.15, 0.2) is 0 Å². The highest BCUT2D eigenvalue weighted by Crippen LogP contribution is 2.64. The Morgan fingerprint density at radius 3 is 1.42 bits per heavy atom. The molecule has 0 saturated carbocycles. The fourth-order valence-corrected chi connectivity index (χ4v) is 20.5. The van der Waals surface area contributed by atoms with Gasteiger partial charge in [-0.15, -0.1) is 33.2 Å². The lowest BCUT2D eigenvalue weighted by atomic mass is 10.3. The molecule has 0 spiro atoms. The molecule has 0 amide bonds. The molecular formula is C7H16Cl3PSi. The van der Waals surface area contributed by atoms with Crippen molar-refractivity contribution >= 4 is 46.4 Å². The van der Waals surface area contributed by atoms with E-state index in [1.165, 1.54) is 0 Å². The summed E-state index contributed by atoms with van der Waals surface area (Å²) in [6, 6.07) is 0. The molecule has 5 heteroatoms. The Morgan fingerprint density at radius 1 is 1.08 bits per heavy atom. The van der Waals surface area contributed by atoms with Crippen molar-refractivity contribution in [3.63, 3.8) is 0 Å².